The summed E-state index contributed by atoms with van der Waals surface area (Å²) in [5, 5.41) is 29.4. The molecule has 1 saturated carbocycles. The maximum atomic E-state index is 12.6. The van der Waals surface area contributed by atoms with Crippen molar-refractivity contribution in [1.82, 2.24) is 10.1 Å². The zero-order chi connectivity index (χ0) is 20.6. The molecule has 3 fully saturated rings. The molecule has 2 aliphatic carbocycles. The molecule has 29 heavy (non-hydrogen) atoms. The van der Waals surface area contributed by atoms with E-state index in [0.717, 1.165) is 0 Å². The van der Waals surface area contributed by atoms with Crippen molar-refractivity contribution >= 4 is 23.6 Å². The van der Waals surface area contributed by atoms with Crippen molar-refractivity contribution < 1.29 is 39.1 Å². The molecule has 6 atom stereocenters. The lowest BCUT2D eigenvalue weighted by atomic mass is 9.58. The number of fused-ring (bicyclic) bond motifs is 4. The van der Waals surface area contributed by atoms with Gasteiger partial charge in [0.15, 0.2) is 0 Å². The molecule has 0 radical (unpaired) electrons. The number of amides is 4. The maximum absolute atomic E-state index is 12.6. The third kappa shape index (κ3) is 2.27. The molecular weight excluding hydrogens is 384 g/mol. The molecule has 3 heterocycles. The second kappa shape index (κ2) is 6.09. The highest BCUT2D eigenvalue weighted by Crippen LogP contribution is 2.57. The molecule has 0 spiro atoms. The van der Waals surface area contributed by atoms with E-state index in [-0.39, 0.29) is 35.3 Å². The summed E-state index contributed by atoms with van der Waals surface area (Å²) in [6.07, 6.45) is 2.09. The minimum absolute atomic E-state index is 0.107. The number of hydroxylamine groups is 4. The van der Waals surface area contributed by atoms with Crippen LogP contribution < -0.4 is 0 Å². The number of hydrogen-bond donors (Lipinski definition) is 3. The fraction of sp³-hybridized carbons (Fsp3) is 0.474. The van der Waals surface area contributed by atoms with Crippen molar-refractivity contribution in [2.24, 2.45) is 29.6 Å². The van der Waals surface area contributed by atoms with E-state index in [1.165, 1.54) is 0 Å². The van der Waals surface area contributed by atoms with Gasteiger partial charge in [-0.1, -0.05) is 11.6 Å². The van der Waals surface area contributed by atoms with E-state index in [1.54, 1.807) is 18.2 Å². The van der Waals surface area contributed by atoms with E-state index in [2.05, 4.69) is 0 Å². The van der Waals surface area contributed by atoms with Gasteiger partial charge in [0.2, 0.25) is 0 Å². The average molecular weight is 402 g/mol. The van der Waals surface area contributed by atoms with E-state index in [9.17, 15) is 34.7 Å². The second-order valence-corrected chi connectivity index (χ2v) is 7.96. The van der Waals surface area contributed by atoms with Crippen molar-refractivity contribution in [2.45, 2.75) is 25.4 Å². The molecule has 6 unspecified atom stereocenters. The predicted octanol–water partition coefficient (Wildman–Crippen LogP) is 0.186. The third-order valence-corrected chi connectivity index (χ3v) is 6.75. The van der Waals surface area contributed by atoms with E-state index in [4.69, 9.17) is 4.42 Å². The largest absolute Gasteiger partial charge is 0.463 e. The number of hydrogen-bond acceptors (Lipinski definition) is 8. The number of nitrogens with zero attached hydrogens (tertiary/aromatic N) is 2. The molecule has 1 aromatic rings. The van der Waals surface area contributed by atoms with Gasteiger partial charge in [-0.25, -0.2) is 0 Å². The van der Waals surface area contributed by atoms with Crippen molar-refractivity contribution in [3.05, 3.63) is 35.3 Å². The number of furan rings is 1. The molecule has 10 nitrogen and oxygen atoms in total. The minimum Gasteiger partial charge on any atom is -0.463 e. The molecule has 2 saturated heterocycles. The quantitative estimate of drug-likeness (QED) is 0.361. The number of aliphatic hydroxyl groups is 1. The van der Waals surface area contributed by atoms with Crippen LogP contribution >= 0.6 is 0 Å². The van der Waals surface area contributed by atoms with E-state index in [0.29, 0.717) is 11.3 Å². The molecule has 5 rings (SSSR count). The first-order valence-corrected chi connectivity index (χ1v) is 9.38. The minimum atomic E-state index is -0.901. The molecule has 4 amide bonds. The number of imide groups is 2. The summed E-state index contributed by atoms with van der Waals surface area (Å²) < 4.78 is 5.66. The topological polar surface area (TPSA) is 149 Å². The van der Waals surface area contributed by atoms with Gasteiger partial charge in [-0.2, -0.15) is 10.1 Å². The van der Waals surface area contributed by atoms with Crippen LogP contribution in [0, 0.1) is 29.6 Å². The number of aliphatic hydroxyl groups excluding tert-OH is 1. The van der Waals surface area contributed by atoms with Gasteiger partial charge in [0.25, 0.3) is 23.6 Å². The molecule has 152 valence electrons. The molecule has 3 N–H and O–H groups in total. The molecule has 1 aromatic heterocycles. The van der Waals surface area contributed by atoms with Gasteiger partial charge in [-0.05, 0) is 30.9 Å². The van der Waals surface area contributed by atoms with Crippen molar-refractivity contribution in [3.63, 3.8) is 0 Å². The lowest BCUT2D eigenvalue weighted by Crippen LogP contribution is -2.42. The highest BCUT2D eigenvalue weighted by Gasteiger charge is 2.62. The van der Waals surface area contributed by atoms with Crippen LogP contribution in [0.2, 0.25) is 0 Å². The van der Waals surface area contributed by atoms with Crippen LogP contribution in [0.25, 0.3) is 0 Å². The summed E-state index contributed by atoms with van der Waals surface area (Å²) in [4.78, 5) is 50.0. The van der Waals surface area contributed by atoms with E-state index < -0.39 is 59.1 Å². The lowest BCUT2D eigenvalue weighted by molar-refractivity contribution is -0.174. The predicted molar refractivity (Wildman–Crippen MR) is 89.4 cm³/mol. The first-order valence-electron chi connectivity index (χ1n) is 9.38. The van der Waals surface area contributed by atoms with Gasteiger partial charge in [0.05, 0.1) is 29.6 Å². The van der Waals surface area contributed by atoms with Crippen molar-refractivity contribution in [3.8, 4) is 0 Å². The summed E-state index contributed by atoms with van der Waals surface area (Å²) in [6, 6.07) is 3.15. The molecule has 0 bridgehead atoms. The Morgan fingerprint density at radius 2 is 1.55 bits per heavy atom. The van der Waals surface area contributed by atoms with Gasteiger partial charge in [0.1, 0.15) is 18.1 Å². The van der Waals surface area contributed by atoms with Crippen LogP contribution in [0.3, 0.4) is 0 Å². The zero-order valence-electron chi connectivity index (χ0n) is 15.1. The second-order valence-electron chi connectivity index (χ2n) is 7.96. The van der Waals surface area contributed by atoms with Crippen LogP contribution in [0.1, 0.15) is 30.3 Å². The van der Waals surface area contributed by atoms with Gasteiger partial charge < -0.3 is 9.52 Å². The summed E-state index contributed by atoms with van der Waals surface area (Å²) in [5.74, 6) is -6.88. The number of carbonyl (C=O) groups is 4. The van der Waals surface area contributed by atoms with Crippen LogP contribution in [0.15, 0.2) is 28.2 Å². The molecule has 0 aromatic carbocycles. The Morgan fingerprint density at radius 1 is 0.897 bits per heavy atom. The summed E-state index contributed by atoms with van der Waals surface area (Å²) in [5.41, 5.74) is 0.680. The molecular formula is C19H18N2O8. The van der Waals surface area contributed by atoms with Crippen molar-refractivity contribution in [1.29, 1.82) is 0 Å². The standard InChI is InChI=1S/C19H18N2O8/c22-6-7-1-4-12(29-7)14-8-2-3-9-13(18(25)20(27)16(9)23)10(8)5-11-15(14)19(26)21(28)17(11)24/h1-2,4,9-11,13-15,22,27-28H,3,5-6H2. The van der Waals surface area contributed by atoms with Crippen molar-refractivity contribution in [2.75, 3.05) is 0 Å². The van der Waals surface area contributed by atoms with Gasteiger partial charge in [0, 0.05) is 0 Å². The normalized spacial score (nSPS) is 36.3. The Kier molecular flexibility index (Phi) is 3.83. The first-order chi connectivity index (χ1) is 13.8. The Morgan fingerprint density at radius 3 is 2.21 bits per heavy atom. The third-order valence-electron chi connectivity index (χ3n) is 6.75. The SMILES string of the molecule is O=C1C2CC=C3C(CC4C(=O)N(O)C(=O)C4C3c3ccc(CO)o3)C2C(=O)N1O. The fourth-order valence-electron chi connectivity index (χ4n) is 5.52. The summed E-state index contributed by atoms with van der Waals surface area (Å²) in [7, 11) is 0. The zero-order valence-corrected chi connectivity index (χ0v) is 15.1. The van der Waals surface area contributed by atoms with Gasteiger partial charge in [-0.15, -0.1) is 0 Å². The summed E-state index contributed by atoms with van der Waals surface area (Å²) >= 11 is 0. The van der Waals surface area contributed by atoms with Crippen LogP contribution in [0.5, 0.6) is 0 Å². The van der Waals surface area contributed by atoms with Crippen LogP contribution in [-0.2, 0) is 25.8 Å². The Bertz CT molecular complexity index is 981. The Labute approximate surface area is 163 Å². The number of allylic oxidation sites excluding steroid dienone is 2. The van der Waals surface area contributed by atoms with Gasteiger partial charge >= 0.3 is 0 Å². The molecule has 10 heteroatoms. The Balaban J connectivity index is 1.64. The number of carbonyl (C=O) groups excluding carboxylic acids is 4. The summed E-state index contributed by atoms with van der Waals surface area (Å²) in [6.45, 7) is -0.348. The van der Waals surface area contributed by atoms with Crippen LogP contribution in [0.4, 0.5) is 0 Å². The van der Waals surface area contributed by atoms with Crippen LogP contribution in [-0.4, -0.2) is 49.3 Å². The average Bonchev–Trinajstić information content (AvgIpc) is 3.35. The highest BCUT2D eigenvalue weighted by molar-refractivity contribution is 6.06. The smallest absolute Gasteiger partial charge is 0.258 e. The first kappa shape index (κ1) is 18.2. The molecule has 2 aliphatic heterocycles. The molecule has 4 aliphatic rings. The monoisotopic (exact) mass is 402 g/mol. The fourth-order valence-corrected chi connectivity index (χ4v) is 5.52. The highest BCUT2D eigenvalue weighted by atomic mass is 16.5. The Hall–Kier alpha value is -2.82. The van der Waals surface area contributed by atoms with Gasteiger partial charge in [-0.3, -0.25) is 29.6 Å². The van der Waals surface area contributed by atoms with E-state index in [1.807, 2.05) is 0 Å². The lowest BCUT2D eigenvalue weighted by Gasteiger charge is -2.42. The maximum Gasteiger partial charge on any atom is 0.258 e. The van der Waals surface area contributed by atoms with E-state index >= 15 is 0 Å². The number of rotatable bonds is 2.